The Kier molecular flexibility index (Phi) is 5.56. The van der Waals surface area contributed by atoms with Crippen LogP contribution in [0.5, 0.6) is 0 Å². The van der Waals surface area contributed by atoms with Crippen molar-refractivity contribution < 1.29 is 13.2 Å². The summed E-state index contributed by atoms with van der Waals surface area (Å²) in [6.45, 7) is 3.59. The molecule has 7 heteroatoms. The van der Waals surface area contributed by atoms with Gasteiger partial charge in [-0.15, -0.1) is 11.3 Å². The van der Waals surface area contributed by atoms with Crippen LogP contribution in [0.3, 0.4) is 0 Å². The SMILES string of the molecule is C[C@@H]1CCCN(S(=O)(=O)c2csc(C(=O)NCc3ccccc3)c2)C1. The van der Waals surface area contributed by atoms with E-state index in [9.17, 15) is 13.2 Å². The number of benzene rings is 1. The Morgan fingerprint density at radius 1 is 1.32 bits per heavy atom. The third-order valence-corrected chi connectivity index (χ3v) is 7.27. The van der Waals surface area contributed by atoms with E-state index in [1.165, 1.54) is 21.7 Å². The summed E-state index contributed by atoms with van der Waals surface area (Å²) in [6, 6.07) is 11.1. The molecule has 0 aliphatic carbocycles. The molecule has 1 N–H and O–H groups in total. The summed E-state index contributed by atoms with van der Waals surface area (Å²) in [5.41, 5.74) is 1.00. The smallest absolute Gasteiger partial charge is 0.261 e. The van der Waals surface area contributed by atoms with E-state index >= 15 is 0 Å². The van der Waals surface area contributed by atoms with Crippen molar-refractivity contribution in [2.24, 2.45) is 5.92 Å². The van der Waals surface area contributed by atoms with E-state index in [-0.39, 0.29) is 10.8 Å². The van der Waals surface area contributed by atoms with Crippen LogP contribution < -0.4 is 5.32 Å². The molecule has 0 bridgehead atoms. The van der Waals surface area contributed by atoms with Gasteiger partial charge in [-0.05, 0) is 30.4 Å². The number of carbonyl (C=O) groups is 1. The summed E-state index contributed by atoms with van der Waals surface area (Å²) in [6.07, 6.45) is 1.94. The molecule has 0 unspecified atom stereocenters. The molecule has 134 valence electrons. The van der Waals surface area contributed by atoms with Gasteiger partial charge in [-0.1, -0.05) is 37.3 Å². The lowest BCUT2D eigenvalue weighted by Gasteiger charge is -2.29. The van der Waals surface area contributed by atoms with Gasteiger partial charge < -0.3 is 5.32 Å². The number of hydrogen-bond acceptors (Lipinski definition) is 4. The fourth-order valence-corrected chi connectivity index (χ4v) is 5.73. The Hall–Kier alpha value is -1.70. The maximum Gasteiger partial charge on any atom is 0.261 e. The van der Waals surface area contributed by atoms with E-state index in [2.05, 4.69) is 12.2 Å². The lowest BCUT2D eigenvalue weighted by atomic mass is 10.0. The minimum Gasteiger partial charge on any atom is -0.347 e. The summed E-state index contributed by atoms with van der Waals surface area (Å²) < 4.78 is 27.0. The van der Waals surface area contributed by atoms with Crippen molar-refractivity contribution in [3.05, 3.63) is 52.2 Å². The van der Waals surface area contributed by atoms with Crippen LogP contribution in [0, 0.1) is 5.92 Å². The second-order valence-corrected chi connectivity index (χ2v) is 9.27. The third-order valence-electron chi connectivity index (χ3n) is 4.35. The van der Waals surface area contributed by atoms with Crippen molar-refractivity contribution in [3.63, 3.8) is 0 Å². The summed E-state index contributed by atoms with van der Waals surface area (Å²) in [5.74, 6) is 0.123. The van der Waals surface area contributed by atoms with Gasteiger partial charge in [0.25, 0.3) is 5.91 Å². The molecule has 1 atom stereocenters. The van der Waals surface area contributed by atoms with Crippen molar-refractivity contribution >= 4 is 27.3 Å². The number of hydrogen-bond donors (Lipinski definition) is 1. The van der Waals surface area contributed by atoms with E-state index < -0.39 is 10.0 Å². The maximum atomic E-state index is 12.7. The van der Waals surface area contributed by atoms with Gasteiger partial charge in [-0.25, -0.2) is 8.42 Å². The zero-order valence-electron chi connectivity index (χ0n) is 14.1. The molecule has 1 saturated heterocycles. The number of amides is 1. The molecule has 5 nitrogen and oxygen atoms in total. The van der Waals surface area contributed by atoms with Crippen LogP contribution in [-0.2, 0) is 16.6 Å². The van der Waals surface area contributed by atoms with Gasteiger partial charge >= 0.3 is 0 Å². The van der Waals surface area contributed by atoms with Crippen molar-refractivity contribution in [3.8, 4) is 0 Å². The summed E-state index contributed by atoms with van der Waals surface area (Å²) in [4.78, 5) is 12.9. The number of nitrogens with zero attached hydrogens (tertiary/aromatic N) is 1. The van der Waals surface area contributed by atoms with Crippen molar-refractivity contribution in [1.29, 1.82) is 0 Å². The minimum atomic E-state index is -3.51. The number of thiophene rings is 1. The summed E-state index contributed by atoms with van der Waals surface area (Å²) in [5, 5.41) is 4.39. The summed E-state index contributed by atoms with van der Waals surface area (Å²) >= 11 is 1.17. The van der Waals surface area contributed by atoms with Crippen molar-refractivity contribution in [1.82, 2.24) is 9.62 Å². The van der Waals surface area contributed by atoms with E-state index in [4.69, 9.17) is 0 Å². The number of piperidine rings is 1. The third kappa shape index (κ3) is 4.29. The van der Waals surface area contributed by atoms with E-state index in [0.29, 0.717) is 30.4 Å². The van der Waals surface area contributed by atoms with Crippen LogP contribution in [0.1, 0.15) is 35.0 Å². The van der Waals surface area contributed by atoms with Gasteiger partial charge in [0.2, 0.25) is 10.0 Å². The van der Waals surface area contributed by atoms with Gasteiger partial charge in [-0.2, -0.15) is 4.31 Å². The molecular weight excluding hydrogens is 356 g/mol. The zero-order chi connectivity index (χ0) is 17.9. The fourth-order valence-electron chi connectivity index (χ4n) is 2.95. The number of carbonyl (C=O) groups excluding carboxylic acids is 1. The Morgan fingerprint density at radius 2 is 2.08 bits per heavy atom. The van der Waals surface area contributed by atoms with Crippen LogP contribution in [0.15, 0.2) is 46.7 Å². The van der Waals surface area contributed by atoms with Gasteiger partial charge in [-0.3, -0.25) is 4.79 Å². The fraction of sp³-hybridized carbons (Fsp3) is 0.389. The van der Waals surface area contributed by atoms with Crippen molar-refractivity contribution in [2.75, 3.05) is 13.1 Å². The molecule has 3 rings (SSSR count). The zero-order valence-corrected chi connectivity index (χ0v) is 15.8. The predicted octanol–water partition coefficient (Wildman–Crippen LogP) is 3.10. The molecule has 0 radical (unpaired) electrons. The highest BCUT2D eigenvalue weighted by Gasteiger charge is 2.29. The average Bonchev–Trinajstić information content (AvgIpc) is 3.11. The first-order valence-corrected chi connectivity index (χ1v) is 10.7. The monoisotopic (exact) mass is 378 g/mol. The van der Waals surface area contributed by atoms with Crippen LogP contribution >= 0.6 is 11.3 Å². The topological polar surface area (TPSA) is 66.5 Å². The average molecular weight is 379 g/mol. The molecule has 1 aliphatic heterocycles. The number of sulfonamides is 1. The molecule has 1 aromatic heterocycles. The van der Waals surface area contributed by atoms with Crippen LogP contribution in [0.25, 0.3) is 0 Å². The summed E-state index contributed by atoms with van der Waals surface area (Å²) in [7, 11) is -3.51. The second kappa shape index (κ2) is 7.68. The highest BCUT2D eigenvalue weighted by molar-refractivity contribution is 7.89. The Balaban J connectivity index is 1.68. The lowest BCUT2D eigenvalue weighted by molar-refractivity contribution is 0.0955. The number of nitrogens with one attached hydrogen (secondary N) is 1. The van der Waals surface area contributed by atoms with Crippen LogP contribution in [-0.4, -0.2) is 31.7 Å². The minimum absolute atomic E-state index is 0.219. The molecule has 1 aliphatic rings. The maximum absolute atomic E-state index is 12.7. The van der Waals surface area contributed by atoms with E-state index in [0.717, 1.165) is 18.4 Å². The van der Waals surface area contributed by atoms with Crippen LogP contribution in [0.4, 0.5) is 0 Å². The molecule has 1 amide bonds. The second-order valence-electron chi connectivity index (χ2n) is 6.43. The number of rotatable bonds is 5. The molecular formula is C18H22N2O3S2. The molecule has 2 heterocycles. The molecule has 2 aromatic rings. The van der Waals surface area contributed by atoms with Gasteiger partial charge in [0.1, 0.15) is 0 Å². The van der Waals surface area contributed by atoms with Gasteiger partial charge in [0.15, 0.2) is 0 Å². The standard InChI is InChI=1S/C18H22N2O3S2/c1-14-6-5-9-20(12-14)25(22,23)16-10-17(24-13-16)18(21)19-11-15-7-3-2-4-8-15/h2-4,7-8,10,13-14H,5-6,9,11-12H2,1H3,(H,19,21)/t14-/m1/s1. The highest BCUT2D eigenvalue weighted by Crippen LogP contribution is 2.26. The van der Waals surface area contributed by atoms with Crippen LogP contribution in [0.2, 0.25) is 0 Å². The Morgan fingerprint density at radius 3 is 2.80 bits per heavy atom. The lowest BCUT2D eigenvalue weighted by Crippen LogP contribution is -2.38. The van der Waals surface area contributed by atoms with E-state index in [1.54, 1.807) is 5.38 Å². The first kappa shape index (κ1) is 18.1. The largest absolute Gasteiger partial charge is 0.347 e. The predicted molar refractivity (Wildman–Crippen MR) is 99.1 cm³/mol. The highest BCUT2D eigenvalue weighted by atomic mass is 32.2. The molecule has 1 fully saturated rings. The first-order valence-electron chi connectivity index (χ1n) is 8.37. The van der Waals surface area contributed by atoms with Gasteiger partial charge in [0.05, 0.1) is 9.77 Å². The van der Waals surface area contributed by atoms with Crippen molar-refractivity contribution in [2.45, 2.75) is 31.2 Å². The first-order chi connectivity index (χ1) is 12.0. The Labute approximate surface area is 152 Å². The molecule has 0 spiro atoms. The van der Waals surface area contributed by atoms with Gasteiger partial charge in [0, 0.05) is 25.0 Å². The molecule has 1 aromatic carbocycles. The molecule has 0 saturated carbocycles. The molecule has 25 heavy (non-hydrogen) atoms. The quantitative estimate of drug-likeness (QED) is 0.869. The van der Waals surface area contributed by atoms with E-state index in [1.807, 2.05) is 30.3 Å². The Bertz CT molecular complexity index is 831. The normalized spacial score (nSPS) is 18.8.